The fraction of sp³-hybridized carbons (Fsp3) is 0.111. The van der Waals surface area contributed by atoms with Gasteiger partial charge in [-0.15, -0.1) is 0 Å². The third-order valence-electron chi connectivity index (χ3n) is 1.80. The van der Waals surface area contributed by atoms with Crippen LogP contribution in [-0.4, -0.2) is 9.97 Å². The van der Waals surface area contributed by atoms with E-state index in [1.54, 1.807) is 6.07 Å². The minimum absolute atomic E-state index is 0.263. The lowest BCUT2D eigenvalue weighted by Gasteiger charge is -1.98. The number of rotatable bonds is 0. The number of aryl methyl sites for hydroxylation is 1. The van der Waals surface area contributed by atoms with Crippen molar-refractivity contribution in [3.8, 4) is 0 Å². The molecular formula is C9H7FN2. The van der Waals surface area contributed by atoms with Crippen LogP contribution in [0.4, 0.5) is 4.39 Å². The van der Waals surface area contributed by atoms with Crippen molar-refractivity contribution in [1.29, 1.82) is 0 Å². The monoisotopic (exact) mass is 162 g/mol. The average Bonchev–Trinajstić information content (AvgIpc) is 2.04. The van der Waals surface area contributed by atoms with E-state index in [4.69, 9.17) is 0 Å². The van der Waals surface area contributed by atoms with Crippen LogP contribution >= 0.6 is 0 Å². The van der Waals surface area contributed by atoms with E-state index in [-0.39, 0.29) is 5.82 Å². The maximum absolute atomic E-state index is 12.7. The van der Waals surface area contributed by atoms with Crippen LogP contribution in [0.3, 0.4) is 0 Å². The van der Waals surface area contributed by atoms with E-state index in [0.29, 0.717) is 5.52 Å². The van der Waals surface area contributed by atoms with Crippen molar-refractivity contribution in [2.45, 2.75) is 6.92 Å². The Labute approximate surface area is 69.1 Å². The van der Waals surface area contributed by atoms with Crippen molar-refractivity contribution in [1.82, 2.24) is 9.97 Å². The highest BCUT2D eigenvalue weighted by Gasteiger charge is 1.99. The van der Waals surface area contributed by atoms with Crippen molar-refractivity contribution in [3.63, 3.8) is 0 Å². The molecule has 3 heteroatoms. The van der Waals surface area contributed by atoms with E-state index in [1.807, 2.05) is 6.92 Å². The summed E-state index contributed by atoms with van der Waals surface area (Å²) in [5.74, 6) is -0.263. The molecule has 0 fully saturated rings. The fourth-order valence-electron chi connectivity index (χ4n) is 1.16. The first-order valence-corrected chi connectivity index (χ1v) is 3.64. The van der Waals surface area contributed by atoms with Crippen molar-refractivity contribution < 1.29 is 4.39 Å². The lowest BCUT2D eigenvalue weighted by Crippen LogP contribution is -1.87. The lowest BCUT2D eigenvalue weighted by atomic mass is 10.2. The molecule has 0 aliphatic rings. The predicted molar refractivity (Wildman–Crippen MR) is 44.2 cm³/mol. The van der Waals surface area contributed by atoms with Gasteiger partial charge < -0.3 is 0 Å². The zero-order chi connectivity index (χ0) is 8.55. The molecule has 0 aliphatic heterocycles. The number of nitrogens with zero attached hydrogens (tertiary/aromatic N) is 2. The Morgan fingerprint density at radius 3 is 2.92 bits per heavy atom. The minimum atomic E-state index is -0.263. The quantitative estimate of drug-likeness (QED) is 0.592. The van der Waals surface area contributed by atoms with Crippen molar-refractivity contribution >= 4 is 10.9 Å². The van der Waals surface area contributed by atoms with Crippen LogP contribution in [0.2, 0.25) is 0 Å². The molecule has 0 radical (unpaired) electrons. The van der Waals surface area contributed by atoms with Gasteiger partial charge in [0.25, 0.3) is 0 Å². The first-order chi connectivity index (χ1) is 5.77. The lowest BCUT2D eigenvalue weighted by molar-refractivity contribution is 0.629. The Kier molecular flexibility index (Phi) is 1.50. The van der Waals surface area contributed by atoms with Crippen molar-refractivity contribution in [2.24, 2.45) is 0 Å². The summed E-state index contributed by atoms with van der Waals surface area (Å²) in [4.78, 5) is 7.96. The number of aromatic nitrogens is 2. The molecule has 0 bridgehead atoms. The molecule has 60 valence electrons. The van der Waals surface area contributed by atoms with Crippen LogP contribution in [0.15, 0.2) is 24.5 Å². The first kappa shape index (κ1) is 7.16. The fourth-order valence-corrected chi connectivity index (χ4v) is 1.16. The average molecular weight is 162 g/mol. The van der Waals surface area contributed by atoms with Gasteiger partial charge in [0, 0.05) is 17.1 Å². The summed E-state index contributed by atoms with van der Waals surface area (Å²) in [7, 11) is 0. The van der Waals surface area contributed by atoms with Crippen molar-refractivity contribution in [2.75, 3.05) is 0 Å². The number of hydrogen-bond donors (Lipinski definition) is 0. The standard InChI is InChI=1S/C9H7FN2/c1-6-8-3-2-7(10)4-9(8)12-5-11-6/h2-5H,1H3. The predicted octanol–water partition coefficient (Wildman–Crippen LogP) is 2.08. The van der Waals surface area contributed by atoms with E-state index in [9.17, 15) is 4.39 Å². The first-order valence-electron chi connectivity index (χ1n) is 3.64. The topological polar surface area (TPSA) is 25.8 Å². The number of fused-ring (bicyclic) bond motifs is 1. The molecule has 0 saturated heterocycles. The molecule has 0 amide bonds. The molecule has 0 spiro atoms. The summed E-state index contributed by atoms with van der Waals surface area (Å²) < 4.78 is 12.7. The Morgan fingerprint density at radius 1 is 1.25 bits per heavy atom. The van der Waals surface area contributed by atoms with Crippen LogP contribution in [0.5, 0.6) is 0 Å². The van der Waals surface area contributed by atoms with Crippen molar-refractivity contribution in [3.05, 3.63) is 36.0 Å². The summed E-state index contributed by atoms with van der Waals surface area (Å²) in [5.41, 5.74) is 1.53. The maximum Gasteiger partial charge on any atom is 0.125 e. The molecule has 2 aromatic rings. The number of halogens is 1. The second-order valence-electron chi connectivity index (χ2n) is 2.62. The normalized spacial score (nSPS) is 10.5. The number of benzene rings is 1. The van der Waals surface area contributed by atoms with Crippen LogP contribution in [0.25, 0.3) is 10.9 Å². The zero-order valence-corrected chi connectivity index (χ0v) is 6.58. The van der Waals surface area contributed by atoms with Gasteiger partial charge in [0.15, 0.2) is 0 Å². The van der Waals surface area contributed by atoms with Crippen LogP contribution in [0, 0.1) is 12.7 Å². The van der Waals surface area contributed by atoms with Gasteiger partial charge in [-0.2, -0.15) is 0 Å². The summed E-state index contributed by atoms with van der Waals surface area (Å²) in [6.07, 6.45) is 1.44. The van der Waals surface area contributed by atoms with E-state index in [1.165, 1.54) is 18.5 Å². The SMILES string of the molecule is Cc1ncnc2cc(F)ccc12. The Hall–Kier alpha value is -1.51. The highest BCUT2D eigenvalue weighted by molar-refractivity contribution is 5.80. The zero-order valence-electron chi connectivity index (χ0n) is 6.58. The molecule has 0 atom stereocenters. The second kappa shape index (κ2) is 2.52. The summed E-state index contributed by atoms with van der Waals surface area (Å²) >= 11 is 0. The Balaban J connectivity index is 2.86. The Morgan fingerprint density at radius 2 is 2.08 bits per heavy atom. The molecule has 2 rings (SSSR count). The minimum Gasteiger partial charge on any atom is -0.241 e. The molecule has 12 heavy (non-hydrogen) atoms. The molecule has 1 aromatic heterocycles. The van der Waals surface area contributed by atoms with Crippen LogP contribution in [0.1, 0.15) is 5.69 Å². The molecule has 0 aliphatic carbocycles. The van der Waals surface area contributed by atoms with Gasteiger partial charge >= 0.3 is 0 Å². The smallest absolute Gasteiger partial charge is 0.125 e. The second-order valence-corrected chi connectivity index (χ2v) is 2.62. The Bertz CT molecular complexity index is 426. The molecule has 0 N–H and O–H groups in total. The largest absolute Gasteiger partial charge is 0.241 e. The van der Waals surface area contributed by atoms with Crippen LogP contribution in [-0.2, 0) is 0 Å². The van der Waals surface area contributed by atoms with E-state index >= 15 is 0 Å². The van der Waals surface area contributed by atoms with Gasteiger partial charge in [0.2, 0.25) is 0 Å². The van der Waals surface area contributed by atoms with E-state index in [0.717, 1.165) is 11.1 Å². The summed E-state index contributed by atoms with van der Waals surface area (Å²) in [6, 6.07) is 4.52. The van der Waals surface area contributed by atoms with E-state index in [2.05, 4.69) is 9.97 Å². The molecular weight excluding hydrogens is 155 g/mol. The van der Waals surface area contributed by atoms with Gasteiger partial charge in [-0.3, -0.25) is 0 Å². The summed E-state index contributed by atoms with van der Waals surface area (Å²) in [5, 5.41) is 0.902. The third kappa shape index (κ3) is 1.03. The highest BCUT2D eigenvalue weighted by atomic mass is 19.1. The highest BCUT2D eigenvalue weighted by Crippen LogP contribution is 2.14. The molecule has 2 nitrogen and oxygen atoms in total. The van der Waals surface area contributed by atoms with Gasteiger partial charge in [-0.1, -0.05) is 0 Å². The number of hydrogen-bond acceptors (Lipinski definition) is 2. The van der Waals surface area contributed by atoms with Gasteiger partial charge in [0.05, 0.1) is 5.52 Å². The van der Waals surface area contributed by atoms with Gasteiger partial charge in [-0.05, 0) is 19.1 Å². The third-order valence-corrected chi connectivity index (χ3v) is 1.80. The maximum atomic E-state index is 12.7. The van der Waals surface area contributed by atoms with Gasteiger partial charge in [-0.25, -0.2) is 14.4 Å². The molecule has 1 heterocycles. The van der Waals surface area contributed by atoms with Crippen LogP contribution < -0.4 is 0 Å². The molecule has 0 unspecified atom stereocenters. The van der Waals surface area contributed by atoms with E-state index < -0.39 is 0 Å². The molecule has 1 aromatic carbocycles. The molecule has 0 saturated carbocycles. The van der Waals surface area contributed by atoms with Gasteiger partial charge in [0.1, 0.15) is 12.1 Å². The summed E-state index contributed by atoms with van der Waals surface area (Å²) in [6.45, 7) is 1.88.